The predicted octanol–water partition coefficient (Wildman–Crippen LogP) is 5.26. The standard InChI is InChI=1S/C22H21ClN2O3S/c1-3-16-6-8-17(9-7-16)24-22(26)20-14-18(10-13-21(20)23)25-29(27,28)19-11-4-15(2)5-12-19/h4-14,25H,3H2,1-2H3,(H,24,26). The van der Waals surface area contributed by atoms with Gasteiger partial charge in [0.1, 0.15) is 0 Å². The third-order valence-corrected chi connectivity index (χ3v) is 6.14. The summed E-state index contributed by atoms with van der Waals surface area (Å²) < 4.78 is 27.7. The van der Waals surface area contributed by atoms with Crippen LogP contribution in [0, 0.1) is 6.92 Å². The second-order valence-electron chi connectivity index (χ2n) is 6.62. The number of nitrogens with one attached hydrogen (secondary N) is 2. The van der Waals surface area contributed by atoms with Crippen molar-refractivity contribution in [2.75, 3.05) is 10.0 Å². The van der Waals surface area contributed by atoms with E-state index in [0.29, 0.717) is 5.69 Å². The molecule has 0 unspecified atom stereocenters. The fourth-order valence-electron chi connectivity index (χ4n) is 2.72. The minimum atomic E-state index is -3.78. The van der Waals surface area contributed by atoms with Crippen LogP contribution in [0.25, 0.3) is 0 Å². The van der Waals surface area contributed by atoms with Crippen LogP contribution in [0.4, 0.5) is 11.4 Å². The van der Waals surface area contributed by atoms with Crippen LogP contribution in [0.2, 0.25) is 5.02 Å². The molecule has 0 radical (unpaired) electrons. The molecule has 0 aromatic heterocycles. The van der Waals surface area contributed by atoms with Crippen molar-refractivity contribution in [1.82, 2.24) is 0 Å². The maximum absolute atomic E-state index is 12.6. The molecule has 5 nitrogen and oxygen atoms in total. The highest BCUT2D eigenvalue weighted by Crippen LogP contribution is 2.24. The molecule has 3 aromatic carbocycles. The molecule has 150 valence electrons. The summed E-state index contributed by atoms with van der Waals surface area (Å²) in [5.41, 5.74) is 3.18. The summed E-state index contributed by atoms with van der Waals surface area (Å²) >= 11 is 6.17. The highest BCUT2D eigenvalue weighted by Gasteiger charge is 2.17. The Bertz CT molecular complexity index is 1130. The Balaban J connectivity index is 1.81. The summed E-state index contributed by atoms with van der Waals surface area (Å²) in [5, 5.41) is 3.01. The molecule has 1 amide bonds. The van der Waals surface area contributed by atoms with Gasteiger partial charge in [-0.15, -0.1) is 0 Å². The van der Waals surface area contributed by atoms with Crippen molar-refractivity contribution in [2.45, 2.75) is 25.2 Å². The zero-order valence-electron chi connectivity index (χ0n) is 16.1. The molecule has 2 N–H and O–H groups in total. The van der Waals surface area contributed by atoms with Crippen LogP contribution in [0.15, 0.2) is 71.6 Å². The van der Waals surface area contributed by atoms with E-state index in [2.05, 4.69) is 17.0 Å². The first-order chi connectivity index (χ1) is 13.8. The zero-order valence-corrected chi connectivity index (χ0v) is 17.6. The van der Waals surface area contributed by atoms with E-state index in [1.54, 1.807) is 12.1 Å². The van der Waals surface area contributed by atoms with Crippen molar-refractivity contribution in [3.8, 4) is 0 Å². The van der Waals surface area contributed by atoms with E-state index in [0.717, 1.165) is 17.5 Å². The van der Waals surface area contributed by atoms with Gasteiger partial charge in [0.15, 0.2) is 0 Å². The Hall–Kier alpha value is -2.83. The second-order valence-corrected chi connectivity index (χ2v) is 8.71. The van der Waals surface area contributed by atoms with Gasteiger partial charge in [0.2, 0.25) is 0 Å². The van der Waals surface area contributed by atoms with Crippen LogP contribution in [-0.4, -0.2) is 14.3 Å². The molecule has 3 aromatic rings. The molecule has 0 aliphatic rings. The zero-order chi connectivity index (χ0) is 21.0. The number of sulfonamides is 1. The molecule has 0 saturated heterocycles. The quantitative estimate of drug-likeness (QED) is 0.562. The van der Waals surface area contributed by atoms with Crippen molar-refractivity contribution in [3.63, 3.8) is 0 Å². The van der Waals surface area contributed by atoms with Crippen molar-refractivity contribution in [2.24, 2.45) is 0 Å². The van der Waals surface area contributed by atoms with E-state index in [4.69, 9.17) is 11.6 Å². The highest BCUT2D eigenvalue weighted by atomic mass is 35.5. The van der Waals surface area contributed by atoms with Crippen LogP contribution in [-0.2, 0) is 16.4 Å². The molecular formula is C22H21ClN2O3S. The number of hydrogen-bond donors (Lipinski definition) is 2. The third-order valence-electron chi connectivity index (χ3n) is 4.41. The van der Waals surface area contributed by atoms with Gasteiger partial charge in [0, 0.05) is 11.4 Å². The van der Waals surface area contributed by atoms with Crippen LogP contribution in [0.1, 0.15) is 28.4 Å². The largest absolute Gasteiger partial charge is 0.322 e. The topological polar surface area (TPSA) is 75.3 Å². The second kappa shape index (κ2) is 8.68. The number of carbonyl (C=O) groups is 1. The van der Waals surface area contributed by atoms with Crippen LogP contribution in [0.3, 0.4) is 0 Å². The summed E-state index contributed by atoms with van der Waals surface area (Å²) in [6, 6.07) is 18.4. The third kappa shape index (κ3) is 5.16. The molecule has 3 rings (SSSR count). The number of carbonyl (C=O) groups excluding carboxylic acids is 1. The van der Waals surface area contributed by atoms with Crippen molar-refractivity contribution in [1.29, 1.82) is 0 Å². The van der Waals surface area contributed by atoms with Crippen LogP contribution in [0.5, 0.6) is 0 Å². The summed E-state index contributed by atoms with van der Waals surface area (Å²) in [5.74, 6) is -0.421. The average Bonchev–Trinajstić information content (AvgIpc) is 2.70. The summed E-state index contributed by atoms with van der Waals surface area (Å²) in [7, 11) is -3.78. The van der Waals surface area contributed by atoms with Crippen LogP contribution >= 0.6 is 11.6 Å². The fourth-order valence-corrected chi connectivity index (χ4v) is 3.97. The van der Waals surface area contributed by atoms with Gasteiger partial charge in [-0.3, -0.25) is 9.52 Å². The molecule has 0 heterocycles. The van der Waals surface area contributed by atoms with E-state index in [9.17, 15) is 13.2 Å². The number of halogens is 1. The smallest absolute Gasteiger partial charge is 0.261 e. The van der Waals surface area contributed by atoms with Gasteiger partial charge in [0.05, 0.1) is 15.5 Å². The molecule has 0 atom stereocenters. The number of anilines is 2. The van der Waals surface area contributed by atoms with E-state index in [1.165, 1.54) is 30.3 Å². The fraction of sp³-hybridized carbons (Fsp3) is 0.136. The number of rotatable bonds is 6. The minimum absolute atomic E-state index is 0.139. The van der Waals surface area contributed by atoms with Gasteiger partial charge in [0.25, 0.3) is 15.9 Å². The summed E-state index contributed by atoms with van der Waals surface area (Å²) in [6.45, 7) is 3.93. The maximum atomic E-state index is 12.6. The van der Waals surface area contributed by atoms with Gasteiger partial charge >= 0.3 is 0 Å². The van der Waals surface area contributed by atoms with Gasteiger partial charge < -0.3 is 5.32 Å². The normalized spacial score (nSPS) is 11.1. The van der Waals surface area contributed by atoms with E-state index < -0.39 is 15.9 Å². The summed E-state index contributed by atoms with van der Waals surface area (Å²) in [4.78, 5) is 12.8. The first kappa shape index (κ1) is 20.9. The molecule has 0 saturated carbocycles. The number of hydrogen-bond acceptors (Lipinski definition) is 3. The van der Waals surface area contributed by atoms with E-state index in [-0.39, 0.29) is 21.2 Å². The molecular weight excluding hydrogens is 408 g/mol. The Morgan fingerprint density at radius 3 is 2.17 bits per heavy atom. The lowest BCUT2D eigenvalue weighted by Gasteiger charge is -2.12. The molecule has 0 spiro atoms. The highest BCUT2D eigenvalue weighted by molar-refractivity contribution is 7.92. The molecule has 0 aliphatic heterocycles. The number of amides is 1. The van der Waals surface area contributed by atoms with Gasteiger partial charge in [-0.05, 0) is 61.4 Å². The predicted molar refractivity (Wildman–Crippen MR) is 117 cm³/mol. The number of aryl methyl sites for hydroxylation is 2. The Morgan fingerprint density at radius 1 is 0.931 bits per heavy atom. The lowest BCUT2D eigenvalue weighted by atomic mass is 10.1. The first-order valence-corrected chi connectivity index (χ1v) is 10.9. The van der Waals surface area contributed by atoms with Gasteiger partial charge in [-0.1, -0.05) is 48.4 Å². The molecule has 7 heteroatoms. The van der Waals surface area contributed by atoms with E-state index >= 15 is 0 Å². The molecule has 0 bridgehead atoms. The van der Waals surface area contributed by atoms with Crippen molar-refractivity contribution < 1.29 is 13.2 Å². The van der Waals surface area contributed by atoms with Gasteiger partial charge in [-0.2, -0.15) is 0 Å². The lowest BCUT2D eigenvalue weighted by molar-refractivity contribution is 0.102. The number of benzene rings is 3. The first-order valence-electron chi connectivity index (χ1n) is 9.08. The minimum Gasteiger partial charge on any atom is -0.322 e. The Morgan fingerprint density at radius 2 is 1.55 bits per heavy atom. The lowest BCUT2D eigenvalue weighted by Crippen LogP contribution is -2.15. The SMILES string of the molecule is CCc1ccc(NC(=O)c2cc(NS(=O)(=O)c3ccc(C)cc3)ccc2Cl)cc1. The van der Waals surface area contributed by atoms with E-state index in [1.807, 2.05) is 31.2 Å². The monoisotopic (exact) mass is 428 g/mol. The molecule has 29 heavy (non-hydrogen) atoms. The molecule has 0 aliphatic carbocycles. The van der Waals surface area contributed by atoms with Crippen LogP contribution < -0.4 is 10.0 Å². The van der Waals surface area contributed by atoms with Gasteiger partial charge in [-0.25, -0.2) is 8.42 Å². The maximum Gasteiger partial charge on any atom is 0.261 e. The Labute approximate surface area is 175 Å². The van der Waals surface area contributed by atoms with Crippen molar-refractivity contribution in [3.05, 3.63) is 88.4 Å². The van der Waals surface area contributed by atoms with Crippen molar-refractivity contribution >= 4 is 38.9 Å². The summed E-state index contributed by atoms with van der Waals surface area (Å²) in [6.07, 6.45) is 0.906. The molecule has 0 fully saturated rings. The average molecular weight is 429 g/mol. The Kier molecular flexibility index (Phi) is 6.25.